The van der Waals surface area contributed by atoms with Crippen molar-refractivity contribution in [2.24, 2.45) is 11.8 Å². The van der Waals surface area contributed by atoms with Gasteiger partial charge in [-0.1, -0.05) is 6.07 Å². The fraction of sp³-hybridized carbons (Fsp3) is 0.538. The molecule has 80 valence electrons. The Labute approximate surface area is 91.3 Å². The van der Waals surface area contributed by atoms with Gasteiger partial charge in [0.05, 0.1) is 0 Å². The van der Waals surface area contributed by atoms with Gasteiger partial charge in [-0.3, -0.25) is 4.98 Å². The van der Waals surface area contributed by atoms with Crippen molar-refractivity contribution in [1.82, 2.24) is 4.98 Å². The van der Waals surface area contributed by atoms with E-state index in [2.05, 4.69) is 17.1 Å². The Morgan fingerprint density at radius 3 is 2.67 bits per heavy atom. The lowest BCUT2D eigenvalue weighted by Crippen LogP contribution is -2.17. The summed E-state index contributed by atoms with van der Waals surface area (Å²) in [6, 6.07) is 6.14. The van der Waals surface area contributed by atoms with Crippen LogP contribution in [0, 0.1) is 17.2 Å². The molecular formula is C13H18N2. The molecule has 15 heavy (non-hydrogen) atoms. The molecule has 2 rings (SSSR count). The van der Waals surface area contributed by atoms with Gasteiger partial charge in [-0.15, -0.1) is 0 Å². The van der Waals surface area contributed by atoms with Gasteiger partial charge < -0.3 is 5.41 Å². The average Bonchev–Trinajstić information content (AvgIpc) is 2.31. The second-order valence-electron chi connectivity index (χ2n) is 4.47. The molecule has 2 heteroatoms. The molecule has 2 nitrogen and oxygen atoms in total. The number of pyridine rings is 1. The average molecular weight is 202 g/mol. The van der Waals surface area contributed by atoms with Crippen LogP contribution in [0.2, 0.25) is 0 Å². The summed E-state index contributed by atoms with van der Waals surface area (Å²) in [4.78, 5) is 4.37. The van der Waals surface area contributed by atoms with Crippen LogP contribution in [-0.2, 0) is 6.42 Å². The predicted octanol–water partition coefficient (Wildman–Crippen LogP) is 3.08. The third-order valence-electron chi connectivity index (χ3n) is 3.35. The second-order valence-corrected chi connectivity index (χ2v) is 4.47. The highest BCUT2D eigenvalue weighted by atomic mass is 14.7. The summed E-state index contributed by atoms with van der Waals surface area (Å²) in [5.41, 5.74) is 1.22. The lowest BCUT2D eigenvalue weighted by molar-refractivity contribution is 0.321. The molecule has 1 aliphatic rings. The third-order valence-corrected chi connectivity index (χ3v) is 3.35. The molecule has 0 aromatic carbocycles. The van der Waals surface area contributed by atoms with Gasteiger partial charge >= 0.3 is 0 Å². The van der Waals surface area contributed by atoms with Crippen LogP contribution in [-0.4, -0.2) is 11.2 Å². The quantitative estimate of drug-likeness (QED) is 0.751. The minimum Gasteiger partial charge on any atom is -0.313 e. The van der Waals surface area contributed by atoms with E-state index >= 15 is 0 Å². The zero-order valence-electron chi connectivity index (χ0n) is 9.02. The highest BCUT2D eigenvalue weighted by Crippen LogP contribution is 2.29. The third kappa shape index (κ3) is 2.88. The van der Waals surface area contributed by atoms with Crippen LogP contribution in [0.25, 0.3) is 0 Å². The molecule has 1 aliphatic carbocycles. The van der Waals surface area contributed by atoms with Crippen molar-refractivity contribution >= 4 is 6.21 Å². The number of hydrogen-bond donors (Lipinski definition) is 1. The zero-order chi connectivity index (χ0) is 10.5. The number of aromatic nitrogens is 1. The van der Waals surface area contributed by atoms with Crippen LogP contribution in [0.1, 0.15) is 31.4 Å². The Bertz CT molecular complexity index is 300. The molecule has 1 saturated carbocycles. The van der Waals surface area contributed by atoms with E-state index in [0.717, 1.165) is 12.3 Å². The van der Waals surface area contributed by atoms with Crippen LogP contribution in [0.3, 0.4) is 0 Å². The molecule has 0 spiro atoms. The monoisotopic (exact) mass is 202 g/mol. The smallest absolute Gasteiger partial charge is 0.0406 e. The maximum absolute atomic E-state index is 7.25. The minimum absolute atomic E-state index is 0.546. The summed E-state index contributed by atoms with van der Waals surface area (Å²) in [5.74, 6) is 1.33. The maximum Gasteiger partial charge on any atom is 0.0406 e. The Kier molecular flexibility index (Phi) is 3.49. The fourth-order valence-corrected chi connectivity index (χ4v) is 2.37. The molecule has 0 bridgehead atoms. The van der Waals surface area contributed by atoms with Gasteiger partial charge in [0.1, 0.15) is 0 Å². The standard InChI is InChI=1S/C13H18N2/c14-10-12-6-4-11(5-7-12)9-13-3-1-2-8-15-13/h1-3,8,10-12,14H,4-7,9H2. The highest BCUT2D eigenvalue weighted by Gasteiger charge is 2.19. The van der Waals surface area contributed by atoms with Gasteiger partial charge in [0.25, 0.3) is 0 Å². The van der Waals surface area contributed by atoms with Crippen molar-refractivity contribution < 1.29 is 0 Å². The molecule has 1 aromatic rings. The topological polar surface area (TPSA) is 36.7 Å². The van der Waals surface area contributed by atoms with Crippen LogP contribution in [0.4, 0.5) is 0 Å². The first-order valence-corrected chi connectivity index (χ1v) is 5.79. The molecule has 0 amide bonds. The van der Waals surface area contributed by atoms with Gasteiger partial charge in [-0.05, 0) is 62.3 Å². The van der Waals surface area contributed by atoms with Gasteiger partial charge in [-0.2, -0.15) is 0 Å². The van der Waals surface area contributed by atoms with Gasteiger partial charge in [0, 0.05) is 11.9 Å². The van der Waals surface area contributed by atoms with Crippen molar-refractivity contribution in [3.05, 3.63) is 30.1 Å². The summed E-state index contributed by atoms with van der Waals surface area (Å²) >= 11 is 0. The van der Waals surface area contributed by atoms with Crippen molar-refractivity contribution in [3.8, 4) is 0 Å². The van der Waals surface area contributed by atoms with Crippen molar-refractivity contribution in [1.29, 1.82) is 5.41 Å². The highest BCUT2D eigenvalue weighted by molar-refractivity contribution is 5.56. The van der Waals surface area contributed by atoms with Crippen LogP contribution in [0.5, 0.6) is 0 Å². The summed E-state index contributed by atoms with van der Waals surface area (Å²) < 4.78 is 0. The van der Waals surface area contributed by atoms with Gasteiger partial charge in [-0.25, -0.2) is 0 Å². The Balaban J connectivity index is 1.85. The van der Waals surface area contributed by atoms with E-state index in [1.807, 2.05) is 12.3 Å². The van der Waals surface area contributed by atoms with Crippen molar-refractivity contribution in [2.75, 3.05) is 0 Å². The first-order valence-electron chi connectivity index (χ1n) is 5.79. The van der Waals surface area contributed by atoms with E-state index in [-0.39, 0.29) is 0 Å². The number of nitrogens with zero attached hydrogens (tertiary/aromatic N) is 1. The molecule has 0 saturated heterocycles. The molecule has 0 unspecified atom stereocenters. The fourth-order valence-electron chi connectivity index (χ4n) is 2.37. The predicted molar refractivity (Wildman–Crippen MR) is 62.2 cm³/mol. The van der Waals surface area contributed by atoms with E-state index in [9.17, 15) is 0 Å². The van der Waals surface area contributed by atoms with E-state index in [1.165, 1.54) is 31.4 Å². The molecule has 1 fully saturated rings. The molecule has 0 aliphatic heterocycles. The van der Waals surface area contributed by atoms with Crippen LogP contribution < -0.4 is 0 Å². The van der Waals surface area contributed by atoms with Gasteiger partial charge in [0.2, 0.25) is 0 Å². The second kappa shape index (κ2) is 5.06. The lowest BCUT2D eigenvalue weighted by Gasteiger charge is -2.25. The molecule has 1 heterocycles. The SMILES string of the molecule is N=CC1CCC(Cc2ccccn2)CC1. The molecule has 0 radical (unpaired) electrons. The number of hydrogen-bond acceptors (Lipinski definition) is 2. The first kappa shape index (κ1) is 10.3. The van der Waals surface area contributed by atoms with E-state index in [0.29, 0.717) is 5.92 Å². The van der Waals surface area contributed by atoms with Gasteiger partial charge in [0.15, 0.2) is 0 Å². The van der Waals surface area contributed by atoms with E-state index in [1.54, 1.807) is 6.21 Å². The number of nitrogens with one attached hydrogen (secondary N) is 1. The normalized spacial score (nSPS) is 26.1. The van der Waals surface area contributed by atoms with Crippen molar-refractivity contribution in [3.63, 3.8) is 0 Å². The lowest BCUT2D eigenvalue weighted by atomic mass is 9.80. The van der Waals surface area contributed by atoms with Crippen LogP contribution in [0.15, 0.2) is 24.4 Å². The van der Waals surface area contributed by atoms with Crippen molar-refractivity contribution in [2.45, 2.75) is 32.1 Å². The number of rotatable bonds is 3. The molecular weight excluding hydrogens is 184 g/mol. The van der Waals surface area contributed by atoms with E-state index < -0.39 is 0 Å². The largest absolute Gasteiger partial charge is 0.313 e. The minimum atomic E-state index is 0.546. The molecule has 1 aromatic heterocycles. The summed E-state index contributed by atoms with van der Waals surface area (Å²) in [6.45, 7) is 0. The van der Waals surface area contributed by atoms with Crippen LogP contribution >= 0.6 is 0 Å². The Hall–Kier alpha value is -1.18. The molecule has 0 atom stereocenters. The first-order chi connectivity index (χ1) is 7.38. The summed E-state index contributed by atoms with van der Waals surface area (Å²) in [5, 5.41) is 7.25. The Morgan fingerprint density at radius 1 is 1.27 bits per heavy atom. The van der Waals surface area contributed by atoms with E-state index in [4.69, 9.17) is 5.41 Å². The summed E-state index contributed by atoms with van der Waals surface area (Å²) in [6.07, 6.45) is 9.52. The zero-order valence-corrected chi connectivity index (χ0v) is 9.02. The molecule has 1 N–H and O–H groups in total. The summed E-state index contributed by atoms with van der Waals surface area (Å²) in [7, 11) is 0. The Morgan fingerprint density at radius 2 is 2.07 bits per heavy atom. The maximum atomic E-state index is 7.25.